The fourth-order valence-corrected chi connectivity index (χ4v) is 3.25. The van der Waals surface area contributed by atoms with Crippen LogP contribution < -0.4 is 10.2 Å². The van der Waals surface area contributed by atoms with E-state index in [-0.39, 0.29) is 18.6 Å². The van der Waals surface area contributed by atoms with Crippen molar-refractivity contribution in [3.63, 3.8) is 0 Å². The molecule has 0 spiro atoms. The molecule has 2 heterocycles. The highest BCUT2D eigenvalue weighted by Crippen LogP contribution is 2.38. The van der Waals surface area contributed by atoms with E-state index >= 15 is 0 Å². The van der Waals surface area contributed by atoms with Crippen LogP contribution in [-0.2, 0) is 11.3 Å². The van der Waals surface area contributed by atoms with Gasteiger partial charge in [0.1, 0.15) is 17.3 Å². The van der Waals surface area contributed by atoms with Gasteiger partial charge in [-0.05, 0) is 30.3 Å². The summed E-state index contributed by atoms with van der Waals surface area (Å²) in [5.74, 6) is 0.313. The number of phenolic OH excluding ortho intramolecular Hbond substituents is 1. The summed E-state index contributed by atoms with van der Waals surface area (Å²) in [6.45, 7) is 0.626. The summed E-state index contributed by atoms with van der Waals surface area (Å²) in [5.41, 5.74) is 5.73. The van der Waals surface area contributed by atoms with Crippen LogP contribution in [0.3, 0.4) is 0 Å². The average Bonchev–Trinajstić information content (AvgIpc) is 3.06. The van der Waals surface area contributed by atoms with E-state index in [1.807, 2.05) is 12.1 Å². The second-order valence-corrected chi connectivity index (χ2v) is 6.14. The van der Waals surface area contributed by atoms with Gasteiger partial charge in [0.15, 0.2) is 6.79 Å². The second kappa shape index (κ2) is 5.96. The maximum Gasteiger partial charge on any atom is 0.189 e. The number of hydrogen-bond acceptors (Lipinski definition) is 5. The van der Waals surface area contributed by atoms with Crippen molar-refractivity contribution in [1.29, 1.82) is 0 Å². The van der Waals surface area contributed by atoms with Crippen molar-refractivity contribution in [3.8, 4) is 11.5 Å². The number of benzene rings is 2. The summed E-state index contributed by atoms with van der Waals surface area (Å²) in [7, 11) is 0. The number of hydrogen-bond donors (Lipinski definition) is 2. The Balaban J connectivity index is 1.65. The van der Waals surface area contributed by atoms with Gasteiger partial charge in [-0.15, -0.1) is 0 Å². The molecule has 4 rings (SSSR count). The first kappa shape index (κ1) is 15.2. The molecule has 124 valence electrons. The van der Waals surface area contributed by atoms with Gasteiger partial charge < -0.3 is 20.0 Å². The Labute approximate surface area is 142 Å². The Morgan fingerprint density at radius 3 is 3.04 bits per heavy atom. The number of nitrogens with one attached hydrogen (secondary N) is 1. The first-order chi connectivity index (χ1) is 11.6. The normalized spacial score (nSPS) is 19.2. The SMILES string of the molecule is Oc1ccc(F)cc1C1=NN[C@@H](c2cc(Cl)cc3c2OCOC3)C1. The topological polar surface area (TPSA) is 63.1 Å². The number of rotatable bonds is 2. The Hall–Kier alpha value is -2.31. The summed E-state index contributed by atoms with van der Waals surface area (Å²) in [4.78, 5) is 0. The molecule has 0 saturated heterocycles. The van der Waals surface area contributed by atoms with Gasteiger partial charge in [0.05, 0.1) is 18.4 Å². The molecular weight excluding hydrogens is 335 g/mol. The third kappa shape index (κ3) is 2.68. The first-order valence-electron chi connectivity index (χ1n) is 7.45. The fourth-order valence-electron chi connectivity index (χ4n) is 3.00. The maximum absolute atomic E-state index is 13.5. The zero-order chi connectivity index (χ0) is 16.7. The van der Waals surface area contributed by atoms with Crippen molar-refractivity contribution >= 4 is 17.3 Å². The average molecular weight is 349 g/mol. The molecule has 24 heavy (non-hydrogen) atoms. The van der Waals surface area contributed by atoms with E-state index in [2.05, 4.69) is 10.5 Å². The molecular formula is C17H14ClFN2O3. The molecule has 7 heteroatoms. The van der Waals surface area contributed by atoms with Crippen molar-refractivity contribution in [3.05, 3.63) is 57.9 Å². The lowest BCUT2D eigenvalue weighted by atomic mass is 9.96. The summed E-state index contributed by atoms with van der Waals surface area (Å²) in [5, 5.41) is 14.8. The molecule has 0 aliphatic carbocycles. The lowest BCUT2D eigenvalue weighted by Crippen LogP contribution is -2.17. The van der Waals surface area contributed by atoms with E-state index in [1.165, 1.54) is 18.2 Å². The minimum Gasteiger partial charge on any atom is -0.507 e. The number of phenols is 1. The number of halogens is 2. The molecule has 0 unspecified atom stereocenters. The van der Waals surface area contributed by atoms with Gasteiger partial charge in [0, 0.05) is 28.1 Å². The first-order valence-corrected chi connectivity index (χ1v) is 7.83. The zero-order valence-electron chi connectivity index (χ0n) is 12.6. The summed E-state index contributed by atoms with van der Waals surface area (Å²) >= 11 is 6.19. The monoisotopic (exact) mass is 348 g/mol. The molecule has 2 aromatic rings. The number of ether oxygens (including phenoxy) is 2. The predicted molar refractivity (Wildman–Crippen MR) is 86.8 cm³/mol. The third-order valence-corrected chi connectivity index (χ3v) is 4.32. The van der Waals surface area contributed by atoms with Crippen LogP contribution in [-0.4, -0.2) is 17.6 Å². The molecule has 5 nitrogen and oxygen atoms in total. The molecule has 0 aromatic heterocycles. The van der Waals surface area contributed by atoms with Crippen LogP contribution in [0, 0.1) is 5.82 Å². The second-order valence-electron chi connectivity index (χ2n) is 5.70. The van der Waals surface area contributed by atoms with Gasteiger partial charge in [-0.2, -0.15) is 5.10 Å². The van der Waals surface area contributed by atoms with Crippen LogP contribution in [0.15, 0.2) is 35.4 Å². The minimum absolute atomic E-state index is 0.00428. The highest BCUT2D eigenvalue weighted by atomic mass is 35.5. The lowest BCUT2D eigenvalue weighted by Gasteiger charge is -2.23. The molecule has 1 atom stereocenters. The van der Waals surface area contributed by atoms with E-state index in [9.17, 15) is 9.50 Å². The summed E-state index contributed by atoms with van der Waals surface area (Å²) in [6, 6.07) is 7.27. The maximum atomic E-state index is 13.5. The quantitative estimate of drug-likeness (QED) is 0.872. The van der Waals surface area contributed by atoms with Gasteiger partial charge in [0.2, 0.25) is 0 Å². The van der Waals surface area contributed by atoms with Gasteiger partial charge >= 0.3 is 0 Å². The summed E-state index contributed by atoms with van der Waals surface area (Å²) < 4.78 is 24.4. The molecule has 2 aliphatic rings. The van der Waals surface area contributed by atoms with Crippen LogP contribution in [0.25, 0.3) is 0 Å². The Bertz CT molecular complexity index is 841. The molecule has 0 bridgehead atoms. The number of nitrogens with zero attached hydrogens (tertiary/aromatic N) is 1. The smallest absolute Gasteiger partial charge is 0.189 e. The molecule has 0 radical (unpaired) electrons. The van der Waals surface area contributed by atoms with E-state index in [0.717, 1.165) is 16.9 Å². The lowest BCUT2D eigenvalue weighted by molar-refractivity contribution is -0.0173. The number of aromatic hydroxyl groups is 1. The Morgan fingerprint density at radius 1 is 1.29 bits per heavy atom. The highest BCUT2D eigenvalue weighted by Gasteiger charge is 2.28. The molecule has 0 amide bonds. The Morgan fingerprint density at radius 2 is 2.17 bits per heavy atom. The van der Waals surface area contributed by atoms with Crippen molar-refractivity contribution in [2.24, 2.45) is 5.10 Å². The molecule has 0 saturated carbocycles. The molecule has 0 fully saturated rings. The van der Waals surface area contributed by atoms with Crippen molar-refractivity contribution < 1.29 is 19.0 Å². The van der Waals surface area contributed by atoms with E-state index < -0.39 is 5.82 Å². The van der Waals surface area contributed by atoms with Gasteiger partial charge in [-0.25, -0.2) is 4.39 Å². The fraction of sp³-hybridized carbons (Fsp3) is 0.235. The Kier molecular flexibility index (Phi) is 3.78. The van der Waals surface area contributed by atoms with Crippen LogP contribution >= 0.6 is 11.6 Å². The van der Waals surface area contributed by atoms with Crippen LogP contribution in [0.2, 0.25) is 5.02 Å². The molecule has 2 aliphatic heterocycles. The summed E-state index contributed by atoms with van der Waals surface area (Å²) in [6.07, 6.45) is 0.480. The largest absolute Gasteiger partial charge is 0.507 e. The number of hydrazone groups is 1. The van der Waals surface area contributed by atoms with Crippen molar-refractivity contribution in [2.45, 2.75) is 19.1 Å². The van der Waals surface area contributed by atoms with E-state index in [4.69, 9.17) is 21.1 Å². The molecule has 2 aromatic carbocycles. The zero-order valence-corrected chi connectivity index (χ0v) is 13.3. The third-order valence-electron chi connectivity index (χ3n) is 4.10. The molecule has 2 N–H and O–H groups in total. The standard InChI is InChI=1S/C17H14ClFN2O3/c18-10-3-9-7-23-8-24-17(9)13(4-10)15-6-14(20-21-15)12-5-11(19)1-2-16(12)22/h1-5,15,21-22H,6-8H2/t15-/m1/s1. The van der Waals surface area contributed by atoms with Crippen LogP contribution in [0.4, 0.5) is 4.39 Å². The van der Waals surface area contributed by atoms with Crippen molar-refractivity contribution in [1.82, 2.24) is 5.43 Å². The highest BCUT2D eigenvalue weighted by molar-refractivity contribution is 6.30. The van der Waals surface area contributed by atoms with Gasteiger partial charge in [-0.3, -0.25) is 0 Å². The minimum atomic E-state index is -0.422. The van der Waals surface area contributed by atoms with Crippen molar-refractivity contribution in [2.75, 3.05) is 6.79 Å². The van der Waals surface area contributed by atoms with Gasteiger partial charge in [-0.1, -0.05) is 11.6 Å². The van der Waals surface area contributed by atoms with Gasteiger partial charge in [0.25, 0.3) is 0 Å². The van der Waals surface area contributed by atoms with Crippen LogP contribution in [0.1, 0.15) is 29.2 Å². The predicted octanol–water partition coefficient (Wildman–Crippen LogP) is 3.49. The number of fused-ring (bicyclic) bond motifs is 1. The van der Waals surface area contributed by atoms with E-state index in [0.29, 0.717) is 29.3 Å². The van der Waals surface area contributed by atoms with E-state index in [1.54, 1.807) is 0 Å². The van der Waals surface area contributed by atoms with Crippen LogP contribution in [0.5, 0.6) is 11.5 Å².